The largest absolute Gasteiger partial charge is 0.508 e. The summed E-state index contributed by atoms with van der Waals surface area (Å²) in [6.45, 7) is 0. The number of H-pyrrole nitrogens is 1. The Bertz CT molecular complexity index is 980. The Morgan fingerprint density at radius 2 is 2.00 bits per heavy atom. The number of aromatic amines is 1. The lowest BCUT2D eigenvalue weighted by molar-refractivity contribution is 0.416. The van der Waals surface area contributed by atoms with Crippen LogP contribution >= 0.6 is 0 Å². The molecule has 3 N–H and O–H groups in total. The first-order chi connectivity index (χ1) is 10.9. The Labute approximate surface area is 133 Å². The van der Waals surface area contributed by atoms with Gasteiger partial charge in [0.15, 0.2) is 0 Å². The van der Waals surface area contributed by atoms with E-state index in [-0.39, 0.29) is 5.75 Å². The summed E-state index contributed by atoms with van der Waals surface area (Å²) in [4.78, 5) is 7.56. The van der Waals surface area contributed by atoms with Crippen molar-refractivity contribution in [3.63, 3.8) is 0 Å². The Balaban J connectivity index is 2.07. The van der Waals surface area contributed by atoms with E-state index in [9.17, 15) is 13.5 Å². The number of benzene rings is 2. The smallest absolute Gasteiger partial charge is 0.229 e. The van der Waals surface area contributed by atoms with Gasteiger partial charge in [0.2, 0.25) is 10.0 Å². The second-order valence-electron chi connectivity index (χ2n) is 5.08. The van der Waals surface area contributed by atoms with Crippen LogP contribution in [0.15, 0.2) is 36.4 Å². The van der Waals surface area contributed by atoms with Crippen molar-refractivity contribution in [3.8, 4) is 22.9 Å². The van der Waals surface area contributed by atoms with Crippen molar-refractivity contribution < 1.29 is 18.3 Å². The molecule has 3 rings (SSSR count). The number of anilines is 1. The maximum atomic E-state index is 11.3. The minimum absolute atomic E-state index is 0.134. The number of aromatic nitrogens is 2. The zero-order valence-electron chi connectivity index (χ0n) is 12.5. The number of hydrogen-bond donors (Lipinski definition) is 3. The second-order valence-corrected chi connectivity index (χ2v) is 6.82. The zero-order valence-corrected chi connectivity index (χ0v) is 13.3. The lowest BCUT2D eigenvalue weighted by Gasteiger charge is -2.09. The van der Waals surface area contributed by atoms with Gasteiger partial charge in [0.05, 0.1) is 35.6 Å². The zero-order chi connectivity index (χ0) is 16.6. The number of hydrogen-bond acceptors (Lipinski definition) is 5. The van der Waals surface area contributed by atoms with Gasteiger partial charge in [-0.1, -0.05) is 0 Å². The second kappa shape index (κ2) is 5.47. The van der Waals surface area contributed by atoms with E-state index in [1.807, 2.05) is 0 Å². The Morgan fingerprint density at radius 3 is 2.70 bits per heavy atom. The van der Waals surface area contributed by atoms with Gasteiger partial charge in [0, 0.05) is 12.1 Å². The molecule has 3 aromatic rings. The molecule has 1 heterocycles. The van der Waals surface area contributed by atoms with Gasteiger partial charge in [0.1, 0.15) is 17.3 Å². The molecule has 0 bridgehead atoms. The van der Waals surface area contributed by atoms with Crippen LogP contribution in [0.2, 0.25) is 0 Å². The number of phenols is 1. The summed E-state index contributed by atoms with van der Waals surface area (Å²) in [6, 6.07) is 9.78. The van der Waals surface area contributed by atoms with E-state index in [0.717, 1.165) is 11.8 Å². The van der Waals surface area contributed by atoms with Crippen LogP contribution in [0.25, 0.3) is 22.4 Å². The molecule has 0 amide bonds. The van der Waals surface area contributed by atoms with Gasteiger partial charge in [-0.25, -0.2) is 13.4 Å². The molecule has 0 fully saturated rings. The van der Waals surface area contributed by atoms with Crippen LogP contribution in [-0.2, 0) is 10.0 Å². The van der Waals surface area contributed by atoms with Crippen molar-refractivity contribution in [1.29, 1.82) is 0 Å². The molecule has 2 aromatic carbocycles. The van der Waals surface area contributed by atoms with Crippen molar-refractivity contribution in [2.24, 2.45) is 0 Å². The fraction of sp³-hybridized carbons (Fsp3) is 0.133. The SMILES string of the molecule is COc1cc(NS(C)(=O)=O)ccc1-c1nc2cc(O)ccc2[nH]1. The predicted molar refractivity (Wildman–Crippen MR) is 88.2 cm³/mol. The molecule has 0 radical (unpaired) electrons. The Morgan fingerprint density at radius 1 is 1.22 bits per heavy atom. The summed E-state index contributed by atoms with van der Waals surface area (Å²) in [5.74, 6) is 1.17. The lowest BCUT2D eigenvalue weighted by atomic mass is 10.1. The van der Waals surface area contributed by atoms with Crippen molar-refractivity contribution in [2.45, 2.75) is 0 Å². The summed E-state index contributed by atoms with van der Waals surface area (Å²) < 4.78 is 30.3. The van der Waals surface area contributed by atoms with Crippen LogP contribution in [-0.4, -0.2) is 36.9 Å². The summed E-state index contributed by atoms with van der Waals surface area (Å²) >= 11 is 0. The van der Waals surface area contributed by atoms with Crippen LogP contribution in [0.4, 0.5) is 5.69 Å². The molecule has 0 saturated carbocycles. The van der Waals surface area contributed by atoms with Crippen LogP contribution in [0.5, 0.6) is 11.5 Å². The van der Waals surface area contributed by atoms with Gasteiger partial charge >= 0.3 is 0 Å². The van der Waals surface area contributed by atoms with Gasteiger partial charge in [-0.05, 0) is 24.3 Å². The number of nitrogens with one attached hydrogen (secondary N) is 2. The van der Waals surface area contributed by atoms with Crippen molar-refractivity contribution in [2.75, 3.05) is 18.1 Å². The van der Waals surface area contributed by atoms with E-state index >= 15 is 0 Å². The molecule has 0 atom stereocenters. The monoisotopic (exact) mass is 333 g/mol. The van der Waals surface area contributed by atoms with Crippen molar-refractivity contribution in [1.82, 2.24) is 9.97 Å². The molecular formula is C15H15N3O4S. The summed E-state index contributed by atoms with van der Waals surface area (Å²) in [6.07, 6.45) is 1.08. The van der Waals surface area contributed by atoms with Gasteiger partial charge in [-0.15, -0.1) is 0 Å². The van der Waals surface area contributed by atoms with Gasteiger partial charge in [-0.2, -0.15) is 0 Å². The number of phenolic OH excluding ortho intramolecular Hbond substituents is 1. The number of ether oxygens (including phenoxy) is 1. The predicted octanol–water partition coefficient (Wildman–Crippen LogP) is 2.32. The minimum Gasteiger partial charge on any atom is -0.508 e. The van der Waals surface area contributed by atoms with E-state index in [1.165, 1.54) is 7.11 Å². The molecule has 8 heteroatoms. The average molecular weight is 333 g/mol. The molecule has 0 spiro atoms. The highest BCUT2D eigenvalue weighted by Crippen LogP contribution is 2.32. The minimum atomic E-state index is -3.36. The topological polar surface area (TPSA) is 104 Å². The first-order valence-electron chi connectivity index (χ1n) is 6.70. The molecule has 7 nitrogen and oxygen atoms in total. The number of sulfonamides is 1. The van der Waals surface area contributed by atoms with E-state index < -0.39 is 10.0 Å². The molecule has 0 aliphatic carbocycles. The third-order valence-corrected chi connectivity index (χ3v) is 3.83. The molecule has 0 aliphatic heterocycles. The van der Waals surface area contributed by atoms with Crippen LogP contribution in [0, 0.1) is 0 Å². The number of methoxy groups -OCH3 is 1. The maximum absolute atomic E-state index is 11.3. The molecular weight excluding hydrogens is 318 g/mol. The Hall–Kier alpha value is -2.74. The molecule has 0 saturated heterocycles. The fourth-order valence-corrected chi connectivity index (χ4v) is 2.84. The van der Waals surface area contributed by atoms with Crippen LogP contribution < -0.4 is 9.46 Å². The number of nitrogens with zero attached hydrogens (tertiary/aromatic N) is 1. The molecule has 1 aromatic heterocycles. The van der Waals surface area contributed by atoms with Gasteiger partial charge < -0.3 is 14.8 Å². The third kappa shape index (κ3) is 3.21. The molecule has 0 unspecified atom stereocenters. The van der Waals surface area contributed by atoms with E-state index in [1.54, 1.807) is 36.4 Å². The van der Waals surface area contributed by atoms with E-state index in [0.29, 0.717) is 28.3 Å². The normalized spacial score (nSPS) is 11.6. The highest BCUT2D eigenvalue weighted by Gasteiger charge is 2.13. The number of rotatable bonds is 4. The number of aromatic hydroxyl groups is 1. The summed E-state index contributed by atoms with van der Waals surface area (Å²) in [5, 5.41) is 9.51. The highest BCUT2D eigenvalue weighted by molar-refractivity contribution is 7.92. The van der Waals surface area contributed by atoms with Gasteiger partial charge in [0.25, 0.3) is 0 Å². The standard InChI is InChI=1S/C15H15N3O4S/c1-22-14-7-9(18-23(2,20)21)3-5-11(14)15-16-12-6-4-10(19)8-13(12)17-15/h3-8,18-19H,1-2H3,(H,16,17). The summed E-state index contributed by atoms with van der Waals surface area (Å²) in [7, 11) is -1.86. The third-order valence-electron chi connectivity index (χ3n) is 3.23. The van der Waals surface area contributed by atoms with E-state index in [2.05, 4.69) is 14.7 Å². The quantitative estimate of drug-likeness (QED) is 0.679. The van der Waals surface area contributed by atoms with E-state index in [4.69, 9.17) is 4.74 Å². The molecule has 120 valence electrons. The van der Waals surface area contributed by atoms with Crippen LogP contribution in [0.1, 0.15) is 0 Å². The average Bonchev–Trinajstić information content (AvgIpc) is 2.88. The van der Waals surface area contributed by atoms with Gasteiger partial charge in [-0.3, -0.25) is 4.72 Å². The number of imidazole rings is 1. The summed E-state index contributed by atoms with van der Waals surface area (Å²) in [5.41, 5.74) is 2.49. The Kier molecular flexibility index (Phi) is 3.61. The fourth-order valence-electron chi connectivity index (χ4n) is 2.29. The molecule has 23 heavy (non-hydrogen) atoms. The highest BCUT2D eigenvalue weighted by atomic mass is 32.2. The first-order valence-corrected chi connectivity index (χ1v) is 8.60. The maximum Gasteiger partial charge on any atom is 0.229 e. The van der Waals surface area contributed by atoms with Crippen molar-refractivity contribution >= 4 is 26.7 Å². The lowest BCUT2D eigenvalue weighted by Crippen LogP contribution is -2.09. The molecule has 0 aliphatic rings. The van der Waals surface area contributed by atoms with Crippen molar-refractivity contribution in [3.05, 3.63) is 36.4 Å². The van der Waals surface area contributed by atoms with Crippen LogP contribution in [0.3, 0.4) is 0 Å². The number of fused-ring (bicyclic) bond motifs is 1. The first kappa shape index (κ1) is 15.2.